The first-order chi connectivity index (χ1) is 9.43. The van der Waals surface area contributed by atoms with E-state index < -0.39 is 5.54 Å². The van der Waals surface area contributed by atoms with E-state index in [2.05, 4.69) is 45.1 Å². The molecule has 3 nitrogen and oxygen atoms in total. The summed E-state index contributed by atoms with van der Waals surface area (Å²) in [5.41, 5.74) is 0.555. The van der Waals surface area contributed by atoms with Gasteiger partial charge in [-0.3, -0.25) is 0 Å². The van der Waals surface area contributed by atoms with Crippen molar-refractivity contribution in [3.8, 4) is 0 Å². The Morgan fingerprint density at radius 1 is 1.15 bits per heavy atom. The highest BCUT2D eigenvalue weighted by Gasteiger charge is 2.31. The van der Waals surface area contributed by atoms with Gasteiger partial charge in [-0.25, -0.2) is 0 Å². The van der Waals surface area contributed by atoms with Gasteiger partial charge >= 0.3 is 0 Å². The molecule has 1 atom stereocenters. The molecule has 0 saturated carbocycles. The van der Waals surface area contributed by atoms with Crippen LogP contribution >= 0.6 is 0 Å². The van der Waals surface area contributed by atoms with E-state index in [0.717, 1.165) is 24.9 Å². The standard InChI is InChI=1S/C17H29NO2/c1-5-12-18-17(14-19,11-13-20-16(2,3)4)15-9-7-6-8-10-15/h6-10,18-19H,5,11-14H2,1-4H3. The minimum Gasteiger partial charge on any atom is -0.394 e. The van der Waals surface area contributed by atoms with Crippen LogP contribution in [0.2, 0.25) is 0 Å². The molecular weight excluding hydrogens is 250 g/mol. The molecule has 2 N–H and O–H groups in total. The average Bonchev–Trinajstić information content (AvgIpc) is 2.42. The molecule has 114 valence electrons. The molecule has 0 radical (unpaired) electrons. The molecule has 0 heterocycles. The lowest BCUT2D eigenvalue weighted by atomic mass is 9.87. The van der Waals surface area contributed by atoms with Gasteiger partial charge in [0.2, 0.25) is 0 Å². The molecule has 0 spiro atoms. The molecule has 3 heteroatoms. The van der Waals surface area contributed by atoms with Crippen molar-refractivity contribution in [3.63, 3.8) is 0 Å². The Bertz CT molecular complexity index is 372. The van der Waals surface area contributed by atoms with Crippen molar-refractivity contribution in [2.75, 3.05) is 19.8 Å². The molecule has 1 aromatic carbocycles. The molecular formula is C17H29NO2. The smallest absolute Gasteiger partial charge is 0.0691 e. The maximum atomic E-state index is 9.97. The lowest BCUT2D eigenvalue weighted by molar-refractivity contribution is -0.0195. The molecule has 0 aliphatic carbocycles. The highest BCUT2D eigenvalue weighted by Crippen LogP contribution is 2.25. The lowest BCUT2D eigenvalue weighted by Gasteiger charge is -2.35. The number of ether oxygens (including phenoxy) is 1. The molecule has 0 saturated heterocycles. The summed E-state index contributed by atoms with van der Waals surface area (Å²) in [7, 11) is 0. The van der Waals surface area contributed by atoms with Crippen LogP contribution < -0.4 is 5.32 Å². The molecule has 1 rings (SSSR count). The van der Waals surface area contributed by atoms with Gasteiger partial charge in [-0.2, -0.15) is 0 Å². The predicted molar refractivity (Wildman–Crippen MR) is 83.8 cm³/mol. The molecule has 1 unspecified atom stereocenters. The van der Waals surface area contributed by atoms with Crippen LogP contribution in [-0.2, 0) is 10.3 Å². The van der Waals surface area contributed by atoms with Crippen molar-refractivity contribution in [2.24, 2.45) is 0 Å². The summed E-state index contributed by atoms with van der Waals surface area (Å²) in [6.45, 7) is 9.86. The highest BCUT2D eigenvalue weighted by molar-refractivity contribution is 5.24. The first-order valence-corrected chi connectivity index (χ1v) is 7.49. The Balaban J connectivity index is 2.83. The van der Waals surface area contributed by atoms with Gasteiger partial charge in [0.25, 0.3) is 0 Å². The minimum absolute atomic E-state index is 0.0739. The SMILES string of the molecule is CCCNC(CO)(CCOC(C)(C)C)c1ccccc1. The summed E-state index contributed by atoms with van der Waals surface area (Å²) in [5.74, 6) is 0. The van der Waals surface area contributed by atoms with E-state index in [4.69, 9.17) is 4.74 Å². The van der Waals surface area contributed by atoms with Gasteiger partial charge in [0, 0.05) is 6.61 Å². The number of benzene rings is 1. The Labute approximate surface area is 123 Å². The van der Waals surface area contributed by atoms with Crippen LogP contribution in [0.4, 0.5) is 0 Å². The van der Waals surface area contributed by atoms with E-state index in [1.165, 1.54) is 0 Å². The summed E-state index contributed by atoms with van der Waals surface area (Å²) >= 11 is 0. The molecule has 1 aromatic rings. The first-order valence-electron chi connectivity index (χ1n) is 7.49. The lowest BCUT2D eigenvalue weighted by Crippen LogP contribution is -2.47. The van der Waals surface area contributed by atoms with E-state index >= 15 is 0 Å². The number of aliphatic hydroxyl groups is 1. The van der Waals surface area contributed by atoms with Crippen LogP contribution in [0.5, 0.6) is 0 Å². The van der Waals surface area contributed by atoms with E-state index in [1.807, 2.05) is 18.2 Å². The van der Waals surface area contributed by atoms with Crippen LogP contribution in [0, 0.1) is 0 Å². The summed E-state index contributed by atoms with van der Waals surface area (Å²) in [4.78, 5) is 0. The van der Waals surface area contributed by atoms with Crippen LogP contribution in [0.3, 0.4) is 0 Å². The van der Waals surface area contributed by atoms with Gasteiger partial charge in [0.15, 0.2) is 0 Å². The third-order valence-electron chi connectivity index (χ3n) is 3.37. The summed E-state index contributed by atoms with van der Waals surface area (Å²) in [6, 6.07) is 10.2. The van der Waals surface area contributed by atoms with Gasteiger partial charge in [-0.15, -0.1) is 0 Å². The fraction of sp³-hybridized carbons (Fsp3) is 0.647. The monoisotopic (exact) mass is 279 g/mol. The summed E-state index contributed by atoms with van der Waals surface area (Å²) in [5, 5.41) is 13.5. The van der Waals surface area contributed by atoms with Crippen molar-refractivity contribution >= 4 is 0 Å². The number of aliphatic hydroxyl groups excluding tert-OH is 1. The van der Waals surface area contributed by atoms with Crippen molar-refractivity contribution < 1.29 is 9.84 Å². The molecule has 20 heavy (non-hydrogen) atoms. The number of hydrogen-bond donors (Lipinski definition) is 2. The van der Waals surface area contributed by atoms with Gasteiger partial charge in [-0.1, -0.05) is 37.3 Å². The zero-order chi connectivity index (χ0) is 15.1. The van der Waals surface area contributed by atoms with Gasteiger partial charge in [-0.05, 0) is 45.7 Å². The third kappa shape index (κ3) is 5.23. The van der Waals surface area contributed by atoms with Crippen molar-refractivity contribution in [1.29, 1.82) is 0 Å². The minimum atomic E-state index is -0.414. The van der Waals surface area contributed by atoms with Crippen LogP contribution in [0.25, 0.3) is 0 Å². The van der Waals surface area contributed by atoms with Crippen molar-refractivity contribution in [1.82, 2.24) is 5.32 Å². The maximum Gasteiger partial charge on any atom is 0.0691 e. The van der Waals surface area contributed by atoms with Gasteiger partial charge in [0.05, 0.1) is 17.7 Å². The van der Waals surface area contributed by atoms with Crippen molar-refractivity contribution in [2.45, 2.75) is 51.7 Å². The molecule has 0 amide bonds. The fourth-order valence-electron chi connectivity index (χ4n) is 2.21. The zero-order valence-electron chi connectivity index (χ0n) is 13.3. The quantitative estimate of drug-likeness (QED) is 0.768. The normalized spacial score (nSPS) is 15.1. The first kappa shape index (κ1) is 17.2. The summed E-state index contributed by atoms with van der Waals surface area (Å²) in [6.07, 6.45) is 1.79. The molecule has 0 aromatic heterocycles. The largest absolute Gasteiger partial charge is 0.394 e. The van der Waals surface area contributed by atoms with Crippen LogP contribution in [-0.4, -0.2) is 30.5 Å². The number of nitrogens with one attached hydrogen (secondary N) is 1. The van der Waals surface area contributed by atoms with Gasteiger partial charge in [0.1, 0.15) is 0 Å². The average molecular weight is 279 g/mol. The molecule has 0 fully saturated rings. The Hall–Kier alpha value is -0.900. The highest BCUT2D eigenvalue weighted by atomic mass is 16.5. The Kier molecular flexibility index (Phi) is 6.66. The van der Waals surface area contributed by atoms with E-state index in [9.17, 15) is 5.11 Å². The van der Waals surface area contributed by atoms with Crippen LogP contribution in [0.1, 0.15) is 46.1 Å². The second kappa shape index (κ2) is 7.77. The third-order valence-corrected chi connectivity index (χ3v) is 3.37. The van der Waals surface area contributed by atoms with Crippen LogP contribution in [0.15, 0.2) is 30.3 Å². The van der Waals surface area contributed by atoms with Gasteiger partial charge < -0.3 is 15.2 Å². The van der Waals surface area contributed by atoms with E-state index in [0.29, 0.717) is 6.61 Å². The Morgan fingerprint density at radius 3 is 2.30 bits per heavy atom. The van der Waals surface area contributed by atoms with Crippen molar-refractivity contribution in [3.05, 3.63) is 35.9 Å². The molecule has 0 bridgehead atoms. The summed E-state index contributed by atoms with van der Waals surface area (Å²) < 4.78 is 5.84. The number of rotatable bonds is 8. The zero-order valence-corrected chi connectivity index (χ0v) is 13.3. The molecule has 0 aliphatic rings. The second-order valence-electron chi connectivity index (χ2n) is 6.24. The maximum absolute atomic E-state index is 9.97. The second-order valence-corrected chi connectivity index (χ2v) is 6.24. The Morgan fingerprint density at radius 2 is 1.80 bits per heavy atom. The molecule has 0 aliphatic heterocycles. The number of hydrogen-bond acceptors (Lipinski definition) is 3. The van der Waals surface area contributed by atoms with E-state index in [1.54, 1.807) is 0 Å². The predicted octanol–water partition coefficient (Wildman–Crippen LogP) is 3.08. The fourth-order valence-corrected chi connectivity index (χ4v) is 2.21. The topological polar surface area (TPSA) is 41.5 Å². The van der Waals surface area contributed by atoms with E-state index in [-0.39, 0.29) is 12.2 Å².